The number of nitrogens with one attached hydrogen (secondary N) is 2. The molecule has 0 radical (unpaired) electrons. The van der Waals surface area contributed by atoms with Crippen LogP contribution in [0.1, 0.15) is 6.42 Å². The highest BCUT2D eigenvalue weighted by molar-refractivity contribution is 5.50. The van der Waals surface area contributed by atoms with Crippen molar-refractivity contribution in [1.29, 1.82) is 0 Å². The van der Waals surface area contributed by atoms with E-state index in [9.17, 15) is 0 Å². The first kappa shape index (κ1) is 13.9. The van der Waals surface area contributed by atoms with Crippen LogP contribution in [-0.4, -0.2) is 23.1 Å². The van der Waals surface area contributed by atoms with Crippen LogP contribution in [0.5, 0.6) is 5.75 Å². The lowest BCUT2D eigenvalue weighted by molar-refractivity contribution is 0.315. The Labute approximate surface area is 117 Å². The minimum Gasteiger partial charge on any atom is -0.494 e. The monoisotopic (exact) mass is 274 g/mol. The second-order valence-electron chi connectivity index (χ2n) is 4.08. The molecular formula is C13H18N6O. The molecular weight excluding hydrogens is 256 g/mol. The lowest BCUT2D eigenvalue weighted by Crippen LogP contribution is -2.13. The smallest absolute Gasteiger partial charge is 0.223 e. The highest BCUT2D eigenvalue weighted by atomic mass is 16.5. The SMILES string of the molecule is NNc1cc(NCCCOc2ccccc2)nc(N)n1. The van der Waals surface area contributed by atoms with Crippen molar-refractivity contribution >= 4 is 17.6 Å². The van der Waals surface area contributed by atoms with Gasteiger partial charge < -0.3 is 21.2 Å². The minimum absolute atomic E-state index is 0.170. The van der Waals surface area contributed by atoms with Crippen molar-refractivity contribution in [3.8, 4) is 5.75 Å². The lowest BCUT2D eigenvalue weighted by Gasteiger charge is -2.09. The number of rotatable bonds is 7. The van der Waals surface area contributed by atoms with Gasteiger partial charge in [0.2, 0.25) is 5.95 Å². The Bertz CT molecular complexity index is 534. The quantitative estimate of drug-likeness (QED) is 0.341. The van der Waals surface area contributed by atoms with Gasteiger partial charge in [0.1, 0.15) is 17.4 Å². The Morgan fingerprint density at radius 3 is 2.60 bits per heavy atom. The Kier molecular flexibility index (Phi) is 4.96. The van der Waals surface area contributed by atoms with Crippen LogP contribution in [0.2, 0.25) is 0 Å². The molecule has 7 nitrogen and oxygen atoms in total. The van der Waals surface area contributed by atoms with Crippen LogP contribution in [0.3, 0.4) is 0 Å². The number of anilines is 3. The molecule has 6 N–H and O–H groups in total. The number of benzene rings is 1. The fourth-order valence-electron chi connectivity index (χ4n) is 1.63. The van der Waals surface area contributed by atoms with E-state index in [0.717, 1.165) is 12.2 Å². The van der Waals surface area contributed by atoms with E-state index in [-0.39, 0.29) is 5.95 Å². The molecule has 0 amide bonds. The maximum Gasteiger partial charge on any atom is 0.223 e. The van der Waals surface area contributed by atoms with Gasteiger partial charge in [-0.1, -0.05) is 18.2 Å². The molecule has 0 saturated heterocycles. The molecule has 0 bridgehead atoms. The number of hydrazine groups is 1. The Morgan fingerprint density at radius 2 is 1.85 bits per heavy atom. The van der Waals surface area contributed by atoms with E-state index < -0.39 is 0 Å². The van der Waals surface area contributed by atoms with E-state index in [0.29, 0.717) is 24.8 Å². The predicted molar refractivity (Wildman–Crippen MR) is 79.3 cm³/mol. The van der Waals surface area contributed by atoms with Crippen molar-refractivity contribution in [3.63, 3.8) is 0 Å². The summed E-state index contributed by atoms with van der Waals surface area (Å²) in [4.78, 5) is 7.96. The number of nitrogens with zero attached hydrogens (tertiary/aromatic N) is 2. The second kappa shape index (κ2) is 7.15. The molecule has 20 heavy (non-hydrogen) atoms. The Balaban J connectivity index is 1.72. The van der Waals surface area contributed by atoms with Gasteiger partial charge in [-0.25, -0.2) is 5.84 Å². The topological polar surface area (TPSA) is 111 Å². The molecule has 2 rings (SSSR count). The van der Waals surface area contributed by atoms with Crippen molar-refractivity contribution in [2.45, 2.75) is 6.42 Å². The molecule has 0 aliphatic heterocycles. The maximum atomic E-state index is 5.58. The molecule has 0 spiro atoms. The molecule has 0 aliphatic carbocycles. The van der Waals surface area contributed by atoms with Crippen LogP contribution in [0, 0.1) is 0 Å². The first-order valence-corrected chi connectivity index (χ1v) is 6.31. The number of aromatic nitrogens is 2. The molecule has 1 aromatic carbocycles. The normalized spacial score (nSPS) is 10.1. The third-order valence-electron chi connectivity index (χ3n) is 2.53. The van der Waals surface area contributed by atoms with Crippen molar-refractivity contribution in [2.75, 3.05) is 29.6 Å². The number of ether oxygens (including phenoxy) is 1. The highest BCUT2D eigenvalue weighted by Crippen LogP contribution is 2.11. The van der Waals surface area contributed by atoms with Gasteiger partial charge in [0.05, 0.1) is 6.61 Å². The van der Waals surface area contributed by atoms with Crippen molar-refractivity contribution in [1.82, 2.24) is 9.97 Å². The first-order chi connectivity index (χ1) is 9.78. The Morgan fingerprint density at radius 1 is 1.10 bits per heavy atom. The lowest BCUT2D eigenvalue weighted by atomic mass is 10.3. The maximum absolute atomic E-state index is 5.58. The average Bonchev–Trinajstić information content (AvgIpc) is 2.47. The summed E-state index contributed by atoms with van der Waals surface area (Å²) in [5.74, 6) is 7.43. The minimum atomic E-state index is 0.170. The van der Waals surface area contributed by atoms with Crippen LogP contribution >= 0.6 is 0 Å². The van der Waals surface area contributed by atoms with Crippen molar-refractivity contribution < 1.29 is 4.74 Å². The third kappa shape index (κ3) is 4.29. The van der Waals surface area contributed by atoms with Crippen molar-refractivity contribution in [2.24, 2.45) is 5.84 Å². The van der Waals surface area contributed by atoms with E-state index in [2.05, 4.69) is 20.7 Å². The van der Waals surface area contributed by atoms with Gasteiger partial charge in [-0.15, -0.1) is 0 Å². The van der Waals surface area contributed by atoms with Gasteiger partial charge in [0, 0.05) is 12.6 Å². The predicted octanol–water partition coefficient (Wildman–Crippen LogP) is 1.23. The summed E-state index contributed by atoms with van der Waals surface area (Å²) in [6.07, 6.45) is 0.837. The standard InChI is InChI=1S/C13H18N6O/c14-13-17-11(9-12(18-13)19-15)16-7-4-8-20-10-5-2-1-3-6-10/h1-3,5-6,9H,4,7-8,15H2,(H4,14,16,17,18,19). The molecule has 1 aromatic heterocycles. The van der Waals surface area contributed by atoms with Crippen LogP contribution < -0.4 is 27.1 Å². The van der Waals surface area contributed by atoms with Crippen molar-refractivity contribution in [3.05, 3.63) is 36.4 Å². The third-order valence-corrected chi connectivity index (χ3v) is 2.53. The largest absolute Gasteiger partial charge is 0.494 e. The van der Waals surface area contributed by atoms with Gasteiger partial charge in [-0.2, -0.15) is 9.97 Å². The van der Waals surface area contributed by atoms with Crippen LogP contribution in [-0.2, 0) is 0 Å². The molecule has 7 heteroatoms. The van der Waals surface area contributed by atoms with Gasteiger partial charge in [0.25, 0.3) is 0 Å². The highest BCUT2D eigenvalue weighted by Gasteiger charge is 2.00. The summed E-state index contributed by atoms with van der Waals surface area (Å²) in [7, 11) is 0. The summed E-state index contributed by atoms with van der Waals surface area (Å²) in [5, 5.41) is 3.14. The van der Waals surface area contributed by atoms with E-state index in [4.69, 9.17) is 16.3 Å². The van der Waals surface area contributed by atoms with Gasteiger partial charge in [-0.3, -0.25) is 0 Å². The Hall–Kier alpha value is -2.54. The second-order valence-corrected chi connectivity index (χ2v) is 4.08. The fraction of sp³-hybridized carbons (Fsp3) is 0.231. The number of nitrogens with two attached hydrogens (primary N) is 2. The zero-order valence-electron chi connectivity index (χ0n) is 11.0. The number of hydrogen-bond acceptors (Lipinski definition) is 7. The van der Waals surface area contributed by atoms with Crippen LogP contribution in [0.25, 0.3) is 0 Å². The van der Waals surface area contributed by atoms with Crippen LogP contribution in [0.15, 0.2) is 36.4 Å². The molecule has 0 fully saturated rings. The summed E-state index contributed by atoms with van der Waals surface area (Å²) in [5.41, 5.74) is 7.99. The fourth-order valence-corrected chi connectivity index (χ4v) is 1.63. The zero-order chi connectivity index (χ0) is 14.2. The number of hydrogen-bond donors (Lipinski definition) is 4. The summed E-state index contributed by atoms with van der Waals surface area (Å²) in [6, 6.07) is 11.4. The number of para-hydroxylation sites is 1. The van der Waals surface area contributed by atoms with E-state index in [1.807, 2.05) is 30.3 Å². The first-order valence-electron chi connectivity index (χ1n) is 6.31. The van der Waals surface area contributed by atoms with Gasteiger partial charge >= 0.3 is 0 Å². The summed E-state index contributed by atoms with van der Waals surface area (Å²) < 4.78 is 5.58. The van der Waals surface area contributed by atoms with E-state index >= 15 is 0 Å². The molecule has 0 aliphatic rings. The van der Waals surface area contributed by atoms with Gasteiger partial charge in [0.15, 0.2) is 0 Å². The molecule has 0 atom stereocenters. The average molecular weight is 274 g/mol. The molecule has 1 heterocycles. The summed E-state index contributed by atoms with van der Waals surface area (Å²) >= 11 is 0. The number of nitrogen functional groups attached to an aromatic ring is 2. The molecule has 0 saturated carbocycles. The van der Waals surface area contributed by atoms with E-state index in [1.54, 1.807) is 6.07 Å². The molecule has 2 aromatic rings. The van der Waals surface area contributed by atoms with Gasteiger partial charge in [-0.05, 0) is 18.6 Å². The molecule has 106 valence electrons. The van der Waals surface area contributed by atoms with E-state index in [1.165, 1.54) is 0 Å². The van der Waals surface area contributed by atoms with Crippen LogP contribution in [0.4, 0.5) is 17.6 Å². The summed E-state index contributed by atoms with van der Waals surface area (Å²) in [6.45, 7) is 1.34. The molecule has 0 unspecified atom stereocenters. The zero-order valence-corrected chi connectivity index (χ0v) is 11.0.